The van der Waals surface area contributed by atoms with Crippen LogP contribution in [0, 0.1) is 12.7 Å². The number of halogens is 2. The predicted molar refractivity (Wildman–Crippen MR) is 81.4 cm³/mol. The zero-order valence-corrected chi connectivity index (χ0v) is 12.7. The lowest BCUT2D eigenvalue weighted by Crippen LogP contribution is -2.03. The molecule has 3 rings (SSSR count). The van der Waals surface area contributed by atoms with Gasteiger partial charge in [-0.3, -0.25) is 0 Å². The number of nitrogen functional groups attached to an aromatic ring is 1. The fraction of sp³-hybridized carbons (Fsp3) is 0.0714. The standard InChI is InChI=1S/C14H11BrFN5/c1-8-2-3-9(16)6-13(8)21-14(18-19-20-21)11-7-10(17)4-5-12(11)15/h2-7H,17H2,1H3. The van der Waals surface area contributed by atoms with Gasteiger partial charge in [0.15, 0.2) is 5.82 Å². The van der Waals surface area contributed by atoms with E-state index in [1.807, 2.05) is 13.0 Å². The van der Waals surface area contributed by atoms with Gasteiger partial charge in [0.2, 0.25) is 0 Å². The van der Waals surface area contributed by atoms with Gasteiger partial charge in [0.05, 0.1) is 5.69 Å². The summed E-state index contributed by atoms with van der Waals surface area (Å²) < 4.78 is 15.8. The van der Waals surface area contributed by atoms with E-state index in [4.69, 9.17) is 5.73 Å². The Morgan fingerprint density at radius 1 is 1.19 bits per heavy atom. The summed E-state index contributed by atoms with van der Waals surface area (Å²) in [5, 5.41) is 11.7. The zero-order valence-electron chi connectivity index (χ0n) is 11.1. The first-order valence-corrected chi connectivity index (χ1v) is 6.96. The Bertz CT molecular complexity index is 749. The summed E-state index contributed by atoms with van der Waals surface area (Å²) in [5.41, 5.74) is 8.61. The maximum Gasteiger partial charge on any atom is 0.188 e. The van der Waals surface area contributed by atoms with Gasteiger partial charge >= 0.3 is 0 Å². The average molecular weight is 348 g/mol. The maximum absolute atomic E-state index is 13.5. The Hall–Kier alpha value is -2.28. The van der Waals surface area contributed by atoms with Gasteiger partial charge in [-0.15, -0.1) is 5.10 Å². The Morgan fingerprint density at radius 2 is 2.00 bits per heavy atom. The molecule has 7 heteroatoms. The number of nitrogens with zero attached hydrogens (tertiary/aromatic N) is 4. The van der Waals surface area contributed by atoms with Gasteiger partial charge in [-0.2, -0.15) is 4.68 Å². The van der Waals surface area contributed by atoms with E-state index < -0.39 is 0 Å². The van der Waals surface area contributed by atoms with Crippen LogP contribution in [0.25, 0.3) is 17.1 Å². The van der Waals surface area contributed by atoms with Crippen LogP contribution in [-0.4, -0.2) is 20.2 Å². The molecule has 3 aromatic rings. The highest BCUT2D eigenvalue weighted by Crippen LogP contribution is 2.30. The monoisotopic (exact) mass is 347 g/mol. The number of tetrazole rings is 1. The first-order chi connectivity index (χ1) is 10.1. The number of anilines is 1. The zero-order chi connectivity index (χ0) is 15.0. The van der Waals surface area contributed by atoms with Crippen LogP contribution >= 0.6 is 15.9 Å². The second-order valence-electron chi connectivity index (χ2n) is 4.58. The van der Waals surface area contributed by atoms with Crippen LogP contribution in [0.2, 0.25) is 0 Å². The molecule has 0 radical (unpaired) electrons. The molecule has 0 unspecified atom stereocenters. The molecule has 0 aliphatic heterocycles. The van der Waals surface area contributed by atoms with E-state index in [2.05, 4.69) is 31.5 Å². The summed E-state index contributed by atoms with van der Waals surface area (Å²) in [6.45, 7) is 1.87. The number of hydrogen-bond donors (Lipinski definition) is 1. The molecule has 2 N–H and O–H groups in total. The molecule has 0 saturated heterocycles. The molecule has 0 atom stereocenters. The highest BCUT2D eigenvalue weighted by Gasteiger charge is 2.15. The van der Waals surface area contributed by atoms with Gasteiger partial charge in [0.1, 0.15) is 5.82 Å². The summed E-state index contributed by atoms with van der Waals surface area (Å²) in [6.07, 6.45) is 0. The molecule has 1 heterocycles. The molecule has 1 aromatic heterocycles. The Labute approximate surface area is 128 Å². The molecule has 21 heavy (non-hydrogen) atoms. The summed E-state index contributed by atoms with van der Waals surface area (Å²) in [5.74, 6) is 0.145. The summed E-state index contributed by atoms with van der Waals surface area (Å²) in [6, 6.07) is 9.84. The second-order valence-corrected chi connectivity index (χ2v) is 5.44. The van der Waals surface area contributed by atoms with Crippen molar-refractivity contribution in [3.63, 3.8) is 0 Å². The van der Waals surface area contributed by atoms with Crippen molar-refractivity contribution < 1.29 is 4.39 Å². The van der Waals surface area contributed by atoms with Gasteiger partial charge in [-0.25, -0.2) is 4.39 Å². The highest BCUT2D eigenvalue weighted by atomic mass is 79.9. The lowest BCUT2D eigenvalue weighted by Gasteiger charge is -2.09. The summed E-state index contributed by atoms with van der Waals surface area (Å²) in [4.78, 5) is 0. The number of aryl methyl sites for hydroxylation is 1. The van der Waals surface area contributed by atoms with Crippen molar-refractivity contribution in [3.05, 3.63) is 52.3 Å². The van der Waals surface area contributed by atoms with E-state index in [-0.39, 0.29) is 5.82 Å². The fourth-order valence-corrected chi connectivity index (χ4v) is 2.47. The van der Waals surface area contributed by atoms with Gasteiger partial charge in [0.25, 0.3) is 0 Å². The van der Waals surface area contributed by atoms with Crippen LogP contribution in [0.3, 0.4) is 0 Å². The molecule has 2 aromatic carbocycles. The molecule has 0 spiro atoms. The number of nitrogens with two attached hydrogens (primary N) is 1. The van der Waals surface area contributed by atoms with Crippen LogP contribution in [0.4, 0.5) is 10.1 Å². The van der Waals surface area contributed by atoms with Crippen LogP contribution < -0.4 is 5.73 Å². The highest BCUT2D eigenvalue weighted by molar-refractivity contribution is 9.10. The van der Waals surface area contributed by atoms with Crippen molar-refractivity contribution in [3.8, 4) is 17.1 Å². The second kappa shape index (κ2) is 5.25. The largest absolute Gasteiger partial charge is 0.399 e. The minimum absolute atomic E-state index is 0.344. The third kappa shape index (κ3) is 2.52. The topological polar surface area (TPSA) is 69.6 Å². The quantitative estimate of drug-likeness (QED) is 0.723. The minimum atomic E-state index is -0.344. The molecule has 0 aliphatic carbocycles. The van der Waals surface area contributed by atoms with E-state index >= 15 is 0 Å². The predicted octanol–water partition coefficient (Wildman–Crippen LogP) is 3.12. The first kappa shape index (κ1) is 13.7. The van der Waals surface area contributed by atoms with Crippen LogP contribution in [0.15, 0.2) is 40.9 Å². The Morgan fingerprint density at radius 3 is 2.81 bits per heavy atom. The van der Waals surface area contributed by atoms with E-state index in [9.17, 15) is 4.39 Å². The SMILES string of the molecule is Cc1ccc(F)cc1-n1nnnc1-c1cc(N)ccc1Br. The number of benzene rings is 2. The average Bonchev–Trinajstić information content (AvgIpc) is 2.93. The van der Waals surface area contributed by atoms with Gasteiger partial charge < -0.3 is 5.73 Å². The molecular weight excluding hydrogens is 337 g/mol. The molecule has 0 saturated carbocycles. The van der Waals surface area contributed by atoms with Crippen LogP contribution in [0.5, 0.6) is 0 Å². The molecule has 106 valence electrons. The third-order valence-corrected chi connectivity index (χ3v) is 3.79. The van der Waals surface area contributed by atoms with Crippen LogP contribution in [0.1, 0.15) is 5.56 Å². The maximum atomic E-state index is 13.5. The smallest absolute Gasteiger partial charge is 0.188 e. The van der Waals surface area contributed by atoms with Gasteiger partial charge in [-0.1, -0.05) is 22.0 Å². The summed E-state index contributed by atoms with van der Waals surface area (Å²) >= 11 is 3.45. The van der Waals surface area contributed by atoms with E-state index in [1.54, 1.807) is 18.2 Å². The molecular formula is C14H11BrFN5. The minimum Gasteiger partial charge on any atom is -0.399 e. The van der Waals surface area contributed by atoms with Gasteiger partial charge in [0, 0.05) is 15.7 Å². The van der Waals surface area contributed by atoms with Gasteiger partial charge in [-0.05, 0) is 53.2 Å². The van der Waals surface area contributed by atoms with Crippen molar-refractivity contribution in [2.24, 2.45) is 0 Å². The molecule has 0 fully saturated rings. The lowest BCUT2D eigenvalue weighted by molar-refractivity contribution is 0.624. The molecule has 0 aliphatic rings. The number of hydrogen-bond acceptors (Lipinski definition) is 4. The molecule has 5 nitrogen and oxygen atoms in total. The van der Waals surface area contributed by atoms with Crippen molar-refractivity contribution >= 4 is 21.6 Å². The third-order valence-electron chi connectivity index (χ3n) is 3.10. The van der Waals surface area contributed by atoms with Crippen LogP contribution in [-0.2, 0) is 0 Å². The Kier molecular flexibility index (Phi) is 3.42. The van der Waals surface area contributed by atoms with E-state index in [1.165, 1.54) is 16.8 Å². The lowest BCUT2D eigenvalue weighted by atomic mass is 10.1. The van der Waals surface area contributed by atoms with Crippen molar-refractivity contribution in [1.82, 2.24) is 20.2 Å². The molecule has 0 bridgehead atoms. The van der Waals surface area contributed by atoms with Crippen molar-refractivity contribution in [2.45, 2.75) is 6.92 Å². The summed E-state index contributed by atoms with van der Waals surface area (Å²) in [7, 11) is 0. The van der Waals surface area contributed by atoms with E-state index in [0.29, 0.717) is 17.2 Å². The first-order valence-electron chi connectivity index (χ1n) is 6.16. The van der Waals surface area contributed by atoms with E-state index in [0.717, 1.165) is 15.6 Å². The van der Waals surface area contributed by atoms with Crippen molar-refractivity contribution in [2.75, 3.05) is 5.73 Å². The fourth-order valence-electron chi connectivity index (χ4n) is 2.04. The normalized spacial score (nSPS) is 10.8. The Balaban J connectivity index is 2.22. The molecule has 0 amide bonds. The number of aromatic nitrogens is 4. The number of rotatable bonds is 2. The van der Waals surface area contributed by atoms with Crippen molar-refractivity contribution in [1.29, 1.82) is 0 Å².